The van der Waals surface area contributed by atoms with Crippen molar-refractivity contribution in [2.75, 3.05) is 19.6 Å². The number of carbonyl (C=O) groups excluding carboxylic acids is 1. The summed E-state index contributed by atoms with van der Waals surface area (Å²) in [7, 11) is 0. The van der Waals surface area contributed by atoms with Crippen molar-refractivity contribution in [3.63, 3.8) is 0 Å². The fourth-order valence-electron chi connectivity index (χ4n) is 1.97. The fraction of sp³-hybridized carbons (Fsp3) is 0.588. The van der Waals surface area contributed by atoms with Crippen LogP contribution >= 0.6 is 15.9 Å². The summed E-state index contributed by atoms with van der Waals surface area (Å²) >= 11 is 3.50. The summed E-state index contributed by atoms with van der Waals surface area (Å²) in [5.74, 6) is 0. The fourth-order valence-corrected chi connectivity index (χ4v) is 2.22. The maximum Gasteiger partial charge on any atom is 0.410 e. The number of benzene rings is 1. The van der Waals surface area contributed by atoms with Crippen molar-refractivity contribution in [1.29, 1.82) is 0 Å². The highest BCUT2D eigenvalue weighted by atomic mass is 79.9. The van der Waals surface area contributed by atoms with Crippen molar-refractivity contribution < 1.29 is 9.53 Å². The quantitative estimate of drug-likeness (QED) is 0.766. The minimum Gasteiger partial charge on any atom is -0.444 e. The normalized spacial score (nSPS) is 11.4. The van der Waals surface area contributed by atoms with Crippen LogP contribution in [0.4, 0.5) is 4.79 Å². The first-order valence-electron chi connectivity index (χ1n) is 7.66. The zero-order chi connectivity index (χ0) is 16.8. The maximum atomic E-state index is 12.0. The molecule has 0 radical (unpaired) electrons. The molecule has 0 saturated heterocycles. The van der Waals surface area contributed by atoms with Gasteiger partial charge in [-0.2, -0.15) is 0 Å². The monoisotopic (exact) mass is 370 g/mol. The second-order valence-electron chi connectivity index (χ2n) is 6.32. The molecule has 1 rings (SSSR count). The molecule has 0 aliphatic carbocycles. The molecule has 1 aromatic rings. The van der Waals surface area contributed by atoms with Gasteiger partial charge in [-0.3, -0.25) is 0 Å². The smallest absolute Gasteiger partial charge is 0.410 e. The summed E-state index contributed by atoms with van der Waals surface area (Å²) in [4.78, 5) is 13.7. The van der Waals surface area contributed by atoms with Gasteiger partial charge in [0.1, 0.15) is 5.60 Å². The minimum atomic E-state index is -0.452. The van der Waals surface area contributed by atoms with E-state index in [-0.39, 0.29) is 6.09 Å². The van der Waals surface area contributed by atoms with Gasteiger partial charge in [-0.25, -0.2) is 4.79 Å². The number of amides is 1. The van der Waals surface area contributed by atoms with E-state index in [0.717, 1.165) is 17.6 Å². The number of nitrogens with one attached hydrogen (secondary N) is 1. The number of ether oxygens (including phenoxy) is 1. The molecule has 4 nitrogen and oxygen atoms in total. The first-order chi connectivity index (χ1) is 10.2. The van der Waals surface area contributed by atoms with E-state index in [1.54, 1.807) is 4.90 Å². The van der Waals surface area contributed by atoms with Gasteiger partial charge in [0.15, 0.2) is 0 Å². The molecule has 5 heteroatoms. The number of nitrogens with zero attached hydrogens (tertiary/aromatic N) is 1. The van der Waals surface area contributed by atoms with E-state index < -0.39 is 5.60 Å². The highest BCUT2D eigenvalue weighted by Gasteiger charge is 2.20. The van der Waals surface area contributed by atoms with Gasteiger partial charge in [0, 0.05) is 30.7 Å². The SMILES string of the molecule is CCN(CCNCc1ccc(Br)c(C)c1)C(=O)OC(C)(C)C. The molecule has 0 aromatic heterocycles. The van der Waals surface area contributed by atoms with Crippen LogP contribution < -0.4 is 5.32 Å². The summed E-state index contributed by atoms with van der Waals surface area (Å²) in [6, 6.07) is 6.31. The maximum absolute atomic E-state index is 12.0. The lowest BCUT2D eigenvalue weighted by Gasteiger charge is -2.26. The molecular formula is C17H27BrN2O2. The molecule has 1 N–H and O–H groups in total. The second kappa shape index (κ2) is 8.53. The number of carbonyl (C=O) groups is 1. The Morgan fingerprint density at radius 2 is 2.05 bits per heavy atom. The third-order valence-corrected chi connectivity index (χ3v) is 4.03. The van der Waals surface area contributed by atoms with Crippen LogP contribution in [0, 0.1) is 6.92 Å². The predicted octanol–water partition coefficient (Wildman–Crippen LogP) is 4.10. The highest BCUT2D eigenvalue weighted by molar-refractivity contribution is 9.10. The molecule has 1 aromatic carbocycles. The van der Waals surface area contributed by atoms with Gasteiger partial charge in [-0.05, 0) is 51.8 Å². The van der Waals surface area contributed by atoms with Gasteiger partial charge < -0.3 is 15.0 Å². The van der Waals surface area contributed by atoms with Gasteiger partial charge in [0.25, 0.3) is 0 Å². The van der Waals surface area contributed by atoms with E-state index in [1.807, 2.05) is 27.7 Å². The van der Waals surface area contributed by atoms with Gasteiger partial charge >= 0.3 is 6.09 Å². The number of aryl methyl sites for hydroxylation is 1. The Morgan fingerprint density at radius 3 is 2.59 bits per heavy atom. The molecule has 0 saturated carbocycles. The number of rotatable bonds is 6. The topological polar surface area (TPSA) is 41.6 Å². The summed E-state index contributed by atoms with van der Waals surface area (Å²) in [5, 5.41) is 3.37. The Hall–Kier alpha value is -1.07. The van der Waals surface area contributed by atoms with Crippen molar-refractivity contribution in [3.8, 4) is 0 Å². The second-order valence-corrected chi connectivity index (χ2v) is 7.17. The Morgan fingerprint density at radius 1 is 1.36 bits per heavy atom. The molecule has 124 valence electrons. The van der Waals surface area contributed by atoms with Crippen LogP contribution in [0.5, 0.6) is 0 Å². The zero-order valence-corrected chi connectivity index (χ0v) is 15.8. The largest absolute Gasteiger partial charge is 0.444 e. The predicted molar refractivity (Wildman–Crippen MR) is 94.1 cm³/mol. The molecule has 1 amide bonds. The highest BCUT2D eigenvalue weighted by Crippen LogP contribution is 2.16. The van der Waals surface area contributed by atoms with Gasteiger partial charge in [0.05, 0.1) is 0 Å². The van der Waals surface area contributed by atoms with Crippen LogP contribution in [0.1, 0.15) is 38.8 Å². The molecule has 0 spiro atoms. The Kier molecular flexibility index (Phi) is 7.36. The van der Waals surface area contributed by atoms with Crippen LogP contribution in [0.25, 0.3) is 0 Å². The number of hydrogen-bond acceptors (Lipinski definition) is 3. The Labute approximate surface area is 142 Å². The van der Waals surface area contributed by atoms with E-state index >= 15 is 0 Å². The molecule has 0 heterocycles. The minimum absolute atomic E-state index is 0.253. The molecule has 0 aliphatic heterocycles. The van der Waals surface area contributed by atoms with Crippen LogP contribution in [-0.4, -0.2) is 36.2 Å². The number of halogens is 1. The lowest BCUT2D eigenvalue weighted by atomic mass is 10.1. The Bertz CT molecular complexity index is 498. The van der Waals surface area contributed by atoms with Crippen molar-refractivity contribution in [2.24, 2.45) is 0 Å². The van der Waals surface area contributed by atoms with E-state index in [2.05, 4.69) is 46.4 Å². The van der Waals surface area contributed by atoms with E-state index in [9.17, 15) is 4.79 Å². The van der Waals surface area contributed by atoms with Crippen molar-refractivity contribution in [1.82, 2.24) is 10.2 Å². The zero-order valence-electron chi connectivity index (χ0n) is 14.2. The number of hydrogen-bond donors (Lipinski definition) is 1. The lowest BCUT2D eigenvalue weighted by Crippen LogP contribution is -2.40. The van der Waals surface area contributed by atoms with E-state index in [0.29, 0.717) is 13.1 Å². The average molecular weight is 371 g/mol. The average Bonchev–Trinajstić information content (AvgIpc) is 2.40. The molecule has 0 aliphatic rings. The number of likely N-dealkylation sites (N-methyl/N-ethyl adjacent to an activating group) is 1. The Balaban J connectivity index is 2.38. The van der Waals surface area contributed by atoms with E-state index in [4.69, 9.17) is 4.74 Å². The summed E-state index contributed by atoms with van der Waals surface area (Å²) in [6.45, 7) is 12.5. The molecule has 0 atom stereocenters. The van der Waals surface area contributed by atoms with Crippen molar-refractivity contribution in [2.45, 2.75) is 46.8 Å². The van der Waals surface area contributed by atoms with Crippen molar-refractivity contribution >= 4 is 22.0 Å². The van der Waals surface area contributed by atoms with Gasteiger partial charge in [-0.1, -0.05) is 28.1 Å². The van der Waals surface area contributed by atoms with Crippen molar-refractivity contribution in [3.05, 3.63) is 33.8 Å². The van der Waals surface area contributed by atoms with Gasteiger partial charge in [0.2, 0.25) is 0 Å². The van der Waals surface area contributed by atoms with Crippen LogP contribution in [0.15, 0.2) is 22.7 Å². The molecule has 0 fully saturated rings. The third-order valence-electron chi connectivity index (χ3n) is 3.14. The first-order valence-corrected chi connectivity index (χ1v) is 8.46. The molecule has 0 bridgehead atoms. The summed E-state index contributed by atoms with van der Waals surface area (Å²) in [5.41, 5.74) is 2.01. The standard InChI is InChI=1S/C17H27BrN2O2/c1-6-20(16(21)22-17(3,4)5)10-9-19-12-14-7-8-15(18)13(2)11-14/h7-8,11,19H,6,9-10,12H2,1-5H3. The van der Waals surface area contributed by atoms with Crippen LogP contribution in [0.2, 0.25) is 0 Å². The summed E-state index contributed by atoms with van der Waals surface area (Å²) in [6.07, 6.45) is -0.253. The molecule has 22 heavy (non-hydrogen) atoms. The molecule has 0 unspecified atom stereocenters. The van der Waals surface area contributed by atoms with Crippen LogP contribution in [0.3, 0.4) is 0 Å². The molecular weight excluding hydrogens is 344 g/mol. The van der Waals surface area contributed by atoms with E-state index in [1.165, 1.54) is 11.1 Å². The van der Waals surface area contributed by atoms with Crippen LogP contribution in [-0.2, 0) is 11.3 Å². The third kappa shape index (κ3) is 6.79. The van der Waals surface area contributed by atoms with Gasteiger partial charge in [-0.15, -0.1) is 0 Å². The summed E-state index contributed by atoms with van der Waals surface area (Å²) < 4.78 is 6.51. The lowest BCUT2D eigenvalue weighted by molar-refractivity contribution is 0.0262. The first kappa shape index (κ1) is 19.0.